The molecule has 0 spiro atoms. The quantitative estimate of drug-likeness (QED) is 0.474. The highest BCUT2D eigenvalue weighted by molar-refractivity contribution is 5.91. The van der Waals surface area contributed by atoms with Crippen molar-refractivity contribution in [2.45, 2.75) is 26.2 Å². The first-order valence-electron chi connectivity index (χ1n) is 11.2. The first-order valence-corrected chi connectivity index (χ1v) is 11.2. The molecule has 0 amide bonds. The first-order chi connectivity index (χ1) is 15.7. The number of pyridine rings is 1. The molecule has 1 aliphatic rings. The van der Waals surface area contributed by atoms with Gasteiger partial charge in [0.05, 0.1) is 6.61 Å². The van der Waals surface area contributed by atoms with E-state index in [0.717, 1.165) is 49.3 Å². The Morgan fingerprint density at radius 1 is 1.06 bits per heavy atom. The van der Waals surface area contributed by atoms with E-state index in [9.17, 15) is 5.11 Å². The molecule has 3 aromatic rings. The van der Waals surface area contributed by atoms with Crippen molar-refractivity contribution in [1.82, 2.24) is 10.3 Å². The van der Waals surface area contributed by atoms with Crippen LogP contribution in [0.5, 0.6) is 17.4 Å². The topological polar surface area (TPSA) is 63.6 Å². The van der Waals surface area contributed by atoms with Crippen LogP contribution < -0.4 is 14.8 Å². The normalized spacial score (nSPS) is 13.3. The second-order valence-electron chi connectivity index (χ2n) is 7.91. The zero-order valence-corrected chi connectivity index (χ0v) is 18.7. The van der Waals surface area contributed by atoms with Crippen molar-refractivity contribution in [3.05, 3.63) is 83.0 Å². The van der Waals surface area contributed by atoms with Gasteiger partial charge in [0, 0.05) is 25.2 Å². The van der Waals surface area contributed by atoms with Crippen LogP contribution in [-0.2, 0) is 12.8 Å². The van der Waals surface area contributed by atoms with Gasteiger partial charge in [-0.05, 0) is 83.6 Å². The summed E-state index contributed by atoms with van der Waals surface area (Å²) < 4.78 is 11.4. The van der Waals surface area contributed by atoms with Gasteiger partial charge in [0.2, 0.25) is 5.88 Å². The van der Waals surface area contributed by atoms with Crippen molar-refractivity contribution in [1.29, 1.82) is 0 Å². The predicted octanol–water partition coefficient (Wildman–Crippen LogP) is 4.88. The van der Waals surface area contributed by atoms with Crippen molar-refractivity contribution < 1.29 is 14.6 Å². The van der Waals surface area contributed by atoms with Crippen LogP contribution in [0.3, 0.4) is 0 Å². The third-order valence-electron chi connectivity index (χ3n) is 5.76. The molecule has 0 fully saturated rings. The van der Waals surface area contributed by atoms with Crippen molar-refractivity contribution in [3.8, 4) is 17.4 Å². The third-order valence-corrected chi connectivity index (χ3v) is 5.76. The number of phenols is 1. The van der Waals surface area contributed by atoms with E-state index < -0.39 is 0 Å². The highest BCUT2D eigenvalue weighted by atomic mass is 16.5. The molecule has 32 heavy (non-hydrogen) atoms. The van der Waals surface area contributed by atoms with E-state index in [0.29, 0.717) is 12.5 Å². The fraction of sp³-hybridized carbons (Fsp3) is 0.296. The standard InChI is InChI=1S/C27H30N2O3/c1-3-24(20-6-10-26-21(17-20)12-14-31-26)25(16-19-4-8-23(30)9-5-19)22-7-11-27(29-18-22)32-15-13-28-2/h4-11,17-18,28,30H,3,12-16H2,1-2H3. The molecule has 0 radical (unpaired) electrons. The van der Waals surface area contributed by atoms with Gasteiger partial charge in [-0.2, -0.15) is 0 Å². The average Bonchev–Trinajstić information content (AvgIpc) is 3.29. The third kappa shape index (κ3) is 5.11. The van der Waals surface area contributed by atoms with E-state index >= 15 is 0 Å². The molecule has 0 aliphatic carbocycles. The second kappa shape index (κ2) is 10.3. The molecule has 0 atom stereocenters. The Morgan fingerprint density at radius 2 is 1.88 bits per heavy atom. The minimum Gasteiger partial charge on any atom is -0.508 e. The number of nitrogens with one attached hydrogen (secondary N) is 1. The number of hydrogen-bond acceptors (Lipinski definition) is 5. The van der Waals surface area contributed by atoms with Gasteiger partial charge in [-0.3, -0.25) is 0 Å². The number of aromatic hydroxyl groups is 1. The Labute approximate surface area is 189 Å². The maximum absolute atomic E-state index is 9.70. The monoisotopic (exact) mass is 430 g/mol. The minimum atomic E-state index is 0.276. The van der Waals surface area contributed by atoms with Gasteiger partial charge in [-0.25, -0.2) is 4.98 Å². The van der Waals surface area contributed by atoms with Gasteiger partial charge >= 0.3 is 0 Å². The fourth-order valence-electron chi connectivity index (χ4n) is 4.07. The molecule has 0 unspecified atom stereocenters. The van der Waals surface area contributed by atoms with Crippen molar-refractivity contribution in [3.63, 3.8) is 0 Å². The lowest BCUT2D eigenvalue weighted by atomic mass is 9.88. The lowest BCUT2D eigenvalue weighted by Gasteiger charge is -2.17. The summed E-state index contributed by atoms with van der Waals surface area (Å²) in [5.41, 5.74) is 7.23. The van der Waals surface area contributed by atoms with Gasteiger partial charge in [-0.1, -0.05) is 25.1 Å². The number of rotatable bonds is 9. The number of allylic oxidation sites excluding steroid dienone is 2. The van der Waals surface area contributed by atoms with Gasteiger partial charge < -0.3 is 19.9 Å². The SMILES string of the molecule is CCC(=C(Cc1ccc(O)cc1)c1ccc(OCCNC)nc1)c1ccc2c(c1)CCO2. The summed E-state index contributed by atoms with van der Waals surface area (Å²) in [7, 11) is 1.90. The van der Waals surface area contributed by atoms with Crippen LogP contribution in [0.4, 0.5) is 0 Å². The van der Waals surface area contributed by atoms with Crippen LogP contribution in [0.25, 0.3) is 11.1 Å². The molecule has 0 saturated heterocycles. The smallest absolute Gasteiger partial charge is 0.213 e. The first kappa shape index (κ1) is 21.9. The van der Waals surface area contributed by atoms with Crippen LogP contribution in [0, 0.1) is 0 Å². The number of likely N-dealkylation sites (N-methyl/N-ethyl adjacent to an activating group) is 1. The van der Waals surface area contributed by atoms with Crippen molar-refractivity contribution in [2.75, 3.05) is 26.8 Å². The molecule has 0 saturated carbocycles. The van der Waals surface area contributed by atoms with E-state index in [1.807, 2.05) is 31.4 Å². The predicted molar refractivity (Wildman–Crippen MR) is 128 cm³/mol. The molecule has 0 bridgehead atoms. The summed E-state index contributed by atoms with van der Waals surface area (Å²) in [6, 6.07) is 18.0. The number of hydrogen-bond donors (Lipinski definition) is 2. The molecule has 2 aromatic carbocycles. The van der Waals surface area contributed by atoms with Crippen LogP contribution in [-0.4, -0.2) is 36.9 Å². The summed E-state index contributed by atoms with van der Waals surface area (Å²) in [4.78, 5) is 4.55. The number of ether oxygens (including phenoxy) is 2. The second-order valence-corrected chi connectivity index (χ2v) is 7.91. The Kier molecular flexibility index (Phi) is 7.07. The van der Waals surface area contributed by atoms with Gasteiger partial charge in [-0.15, -0.1) is 0 Å². The Bertz CT molecular complexity index is 1070. The summed E-state index contributed by atoms with van der Waals surface area (Å²) in [5.74, 6) is 1.90. The van der Waals surface area contributed by atoms with Crippen LogP contribution in [0.15, 0.2) is 60.8 Å². The molecule has 1 aliphatic heterocycles. The molecular weight excluding hydrogens is 400 g/mol. The molecular formula is C27H30N2O3. The summed E-state index contributed by atoms with van der Waals surface area (Å²) in [6.07, 6.45) is 4.50. The molecule has 5 heteroatoms. The highest BCUT2D eigenvalue weighted by Crippen LogP contribution is 2.35. The van der Waals surface area contributed by atoms with E-state index in [1.54, 1.807) is 12.1 Å². The fourth-order valence-corrected chi connectivity index (χ4v) is 4.07. The molecule has 1 aromatic heterocycles. The Balaban J connectivity index is 1.73. The van der Waals surface area contributed by atoms with E-state index in [2.05, 4.69) is 41.5 Å². The van der Waals surface area contributed by atoms with E-state index in [1.165, 1.54) is 22.3 Å². The number of phenolic OH excluding ortho intramolecular Hbond substituents is 1. The largest absolute Gasteiger partial charge is 0.508 e. The maximum Gasteiger partial charge on any atom is 0.213 e. The number of fused-ring (bicyclic) bond motifs is 1. The van der Waals surface area contributed by atoms with Crippen LogP contribution >= 0.6 is 0 Å². The summed E-state index contributed by atoms with van der Waals surface area (Å²) >= 11 is 0. The molecule has 4 rings (SSSR count). The highest BCUT2D eigenvalue weighted by Gasteiger charge is 2.17. The number of aromatic nitrogens is 1. The van der Waals surface area contributed by atoms with Crippen LogP contribution in [0.1, 0.15) is 35.6 Å². The maximum atomic E-state index is 9.70. The zero-order valence-electron chi connectivity index (χ0n) is 18.7. The summed E-state index contributed by atoms with van der Waals surface area (Å²) in [5, 5.41) is 12.8. The average molecular weight is 431 g/mol. The van der Waals surface area contributed by atoms with Gasteiger partial charge in [0.1, 0.15) is 18.1 Å². The van der Waals surface area contributed by atoms with Crippen molar-refractivity contribution in [2.24, 2.45) is 0 Å². The molecule has 5 nitrogen and oxygen atoms in total. The van der Waals surface area contributed by atoms with E-state index in [4.69, 9.17) is 9.47 Å². The minimum absolute atomic E-state index is 0.276. The molecule has 2 N–H and O–H groups in total. The van der Waals surface area contributed by atoms with Crippen molar-refractivity contribution >= 4 is 11.1 Å². The van der Waals surface area contributed by atoms with E-state index in [-0.39, 0.29) is 5.75 Å². The lowest BCUT2D eigenvalue weighted by Crippen LogP contribution is -2.16. The van der Waals surface area contributed by atoms with Gasteiger partial charge in [0.15, 0.2) is 0 Å². The van der Waals surface area contributed by atoms with Crippen LogP contribution in [0.2, 0.25) is 0 Å². The zero-order chi connectivity index (χ0) is 22.3. The number of nitrogens with zero attached hydrogens (tertiary/aromatic N) is 1. The Morgan fingerprint density at radius 3 is 2.59 bits per heavy atom. The molecule has 2 heterocycles. The Hall–Kier alpha value is -3.31. The number of benzene rings is 2. The molecule has 166 valence electrons. The van der Waals surface area contributed by atoms with Gasteiger partial charge in [0.25, 0.3) is 0 Å². The summed E-state index contributed by atoms with van der Waals surface area (Å²) in [6.45, 7) is 4.30. The lowest BCUT2D eigenvalue weighted by molar-refractivity contribution is 0.306.